The van der Waals surface area contributed by atoms with Gasteiger partial charge in [0.25, 0.3) is 0 Å². The van der Waals surface area contributed by atoms with Crippen LogP contribution in [0.1, 0.15) is 39.5 Å². The van der Waals surface area contributed by atoms with E-state index in [0.717, 1.165) is 31.4 Å². The van der Waals surface area contributed by atoms with Gasteiger partial charge in [-0.2, -0.15) is 0 Å². The van der Waals surface area contributed by atoms with Crippen molar-refractivity contribution >= 4 is 0 Å². The largest absolute Gasteiger partial charge is 0.391 e. The molecule has 0 amide bonds. The van der Waals surface area contributed by atoms with E-state index in [0.29, 0.717) is 18.3 Å². The first-order chi connectivity index (χ1) is 10.7. The Kier molecular flexibility index (Phi) is 8.57. The summed E-state index contributed by atoms with van der Waals surface area (Å²) in [6.07, 6.45) is 14.0. The number of allylic oxidation sites excluding steroid dienone is 6. The third-order valence-corrected chi connectivity index (χ3v) is 4.30. The lowest BCUT2D eigenvalue weighted by molar-refractivity contribution is 0.494. The number of alkyl halides is 1. The third-order valence-electron chi connectivity index (χ3n) is 4.30. The summed E-state index contributed by atoms with van der Waals surface area (Å²) in [6, 6.07) is 0. The number of hydrogen-bond acceptors (Lipinski definition) is 1. The number of rotatable bonds is 10. The van der Waals surface area contributed by atoms with Crippen LogP contribution in [0.2, 0.25) is 0 Å². The molecular weight excluding hydrogens is 273 g/mol. The van der Waals surface area contributed by atoms with Crippen LogP contribution in [0.15, 0.2) is 60.4 Å². The topological polar surface area (TPSA) is 12.0 Å². The molecule has 2 atom stereocenters. The van der Waals surface area contributed by atoms with Gasteiger partial charge < -0.3 is 5.32 Å². The number of nitrogens with one attached hydrogen (secondary N) is 1. The van der Waals surface area contributed by atoms with E-state index in [1.54, 1.807) is 6.20 Å². The predicted octanol–water partition coefficient (Wildman–Crippen LogP) is 5.50. The summed E-state index contributed by atoms with van der Waals surface area (Å²) in [7, 11) is 0. The Labute approximate surface area is 135 Å². The standard InChI is InChI=1S/C20H30FN/c1-5-18(13-16(4)19(6-2)15-22-7-3)20-10-8-9-17(14-20)11-12-21/h7-9,13-14,19-20,22H,3-6,10-12,15H2,1-2H3/b18-13+. The first-order valence-electron chi connectivity index (χ1n) is 8.32. The van der Waals surface area contributed by atoms with Gasteiger partial charge >= 0.3 is 0 Å². The Morgan fingerprint density at radius 1 is 1.50 bits per heavy atom. The van der Waals surface area contributed by atoms with Crippen LogP contribution < -0.4 is 5.32 Å². The maximum Gasteiger partial charge on any atom is 0.0934 e. The summed E-state index contributed by atoms with van der Waals surface area (Å²) < 4.78 is 12.5. The van der Waals surface area contributed by atoms with Crippen LogP contribution in [0.3, 0.4) is 0 Å². The molecular formula is C20H30FN. The van der Waals surface area contributed by atoms with Crippen LogP contribution in [0.5, 0.6) is 0 Å². The zero-order chi connectivity index (χ0) is 16.4. The van der Waals surface area contributed by atoms with Crippen molar-refractivity contribution in [1.82, 2.24) is 5.32 Å². The van der Waals surface area contributed by atoms with E-state index in [2.05, 4.69) is 56.6 Å². The van der Waals surface area contributed by atoms with Gasteiger partial charge in [-0.05, 0) is 31.0 Å². The van der Waals surface area contributed by atoms with E-state index in [-0.39, 0.29) is 6.67 Å². The predicted molar refractivity (Wildman–Crippen MR) is 95.4 cm³/mol. The van der Waals surface area contributed by atoms with Gasteiger partial charge in [0, 0.05) is 24.8 Å². The molecule has 0 heterocycles. The minimum atomic E-state index is -0.286. The molecule has 0 saturated heterocycles. The van der Waals surface area contributed by atoms with Gasteiger partial charge in [0.05, 0.1) is 6.67 Å². The van der Waals surface area contributed by atoms with Gasteiger partial charge in [-0.15, -0.1) is 0 Å². The van der Waals surface area contributed by atoms with Gasteiger partial charge in [-0.1, -0.05) is 62.5 Å². The van der Waals surface area contributed by atoms with Crippen LogP contribution >= 0.6 is 0 Å². The SMILES string of the molecule is C=CNCC(CC)C(=C)/C=C(\CC)C1C=C(CCF)C=CC1. The summed E-state index contributed by atoms with van der Waals surface area (Å²) in [5, 5.41) is 3.18. The quantitative estimate of drug-likeness (QED) is 0.525. The number of hydrogen-bond donors (Lipinski definition) is 1. The Bertz CT molecular complexity index is 456. The molecule has 1 nitrogen and oxygen atoms in total. The second kappa shape index (κ2) is 10.2. The van der Waals surface area contributed by atoms with E-state index >= 15 is 0 Å². The van der Waals surface area contributed by atoms with Crippen molar-refractivity contribution < 1.29 is 4.39 Å². The highest BCUT2D eigenvalue weighted by molar-refractivity contribution is 5.33. The maximum absolute atomic E-state index is 12.5. The lowest BCUT2D eigenvalue weighted by Crippen LogP contribution is -2.18. The Hall–Kier alpha value is -1.57. The van der Waals surface area contributed by atoms with Crippen LogP contribution in [-0.2, 0) is 0 Å². The minimum absolute atomic E-state index is 0.286. The van der Waals surface area contributed by atoms with Crippen molar-refractivity contribution in [1.29, 1.82) is 0 Å². The van der Waals surface area contributed by atoms with Crippen molar-refractivity contribution in [3.63, 3.8) is 0 Å². The van der Waals surface area contributed by atoms with Crippen molar-refractivity contribution in [2.24, 2.45) is 11.8 Å². The molecule has 0 radical (unpaired) electrons. The summed E-state index contributed by atoms with van der Waals surface area (Å²) in [5.41, 5.74) is 3.68. The van der Waals surface area contributed by atoms with Gasteiger partial charge in [0.15, 0.2) is 0 Å². The van der Waals surface area contributed by atoms with Crippen molar-refractivity contribution in [2.45, 2.75) is 39.5 Å². The molecule has 0 saturated carbocycles. The van der Waals surface area contributed by atoms with E-state index in [1.807, 2.05) is 0 Å². The fraction of sp³-hybridized carbons (Fsp3) is 0.500. The Balaban J connectivity index is 2.82. The van der Waals surface area contributed by atoms with Gasteiger partial charge in [0.2, 0.25) is 0 Å². The molecule has 1 aliphatic rings. The highest BCUT2D eigenvalue weighted by atomic mass is 19.1. The molecule has 0 aromatic carbocycles. The molecule has 0 aliphatic heterocycles. The van der Waals surface area contributed by atoms with Gasteiger partial charge in [0.1, 0.15) is 0 Å². The van der Waals surface area contributed by atoms with Gasteiger partial charge in [-0.3, -0.25) is 4.39 Å². The molecule has 0 bridgehead atoms. The molecule has 0 spiro atoms. The van der Waals surface area contributed by atoms with Crippen LogP contribution in [0.25, 0.3) is 0 Å². The molecule has 1 N–H and O–H groups in total. The lowest BCUT2D eigenvalue weighted by atomic mass is 9.85. The van der Waals surface area contributed by atoms with Crippen LogP contribution in [-0.4, -0.2) is 13.2 Å². The molecule has 0 fully saturated rings. The van der Waals surface area contributed by atoms with Crippen LogP contribution in [0, 0.1) is 11.8 Å². The second-order valence-corrected chi connectivity index (χ2v) is 5.79. The molecule has 22 heavy (non-hydrogen) atoms. The molecule has 1 aliphatic carbocycles. The minimum Gasteiger partial charge on any atom is -0.391 e. The van der Waals surface area contributed by atoms with E-state index in [4.69, 9.17) is 0 Å². The highest BCUT2D eigenvalue weighted by Gasteiger charge is 2.15. The molecule has 122 valence electrons. The van der Waals surface area contributed by atoms with Crippen LogP contribution in [0.4, 0.5) is 4.39 Å². The Morgan fingerprint density at radius 3 is 2.86 bits per heavy atom. The first kappa shape index (κ1) is 18.5. The first-order valence-corrected chi connectivity index (χ1v) is 8.32. The molecule has 0 aromatic rings. The third kappa shape index (κ3) is 5.67. The van der Waals surface area contributed by atoms with E-state index in [1.165, 1.54) is 11.1 Å². The molecule has 2 unspecified atom stereocenters. The lowest BCUT2D eigenvalue weighted by Gasteiger charge is -2.22. The van der Waals surface area contributed by atoms with E-state index < -0.39 is 0 Å². The van der Waals surface area contributed by atoms with Gasteiger partial charge in [-0.25, -0.2) is 0 Å². The summed E-state index contributed by atoms with van der Waals surface area (Å²) >= 11 is 0. The average Bonchev–Trinajstić information content (AvgIpc) is 2.54. The van der Waals surface area contributed by atoms with Crippen molar-refractivity contribution in [3.8, 4) is 0 Å². The van der Waals surface area contributed by atoms with Crippen molar-refractivity contribution in [3.05, 3.63) is 60.4 Å². The van der Waals surface area contributed by atoms with Crippen molar-refractivity contribution in [2.75, 3.05) is 13.2 Å². The highest BCUT2D eigenvalue weighted by Crippen LogP contribution is 2.29. The average molecular weight is 303 g/mol. The fourth-order valence-electron chi connectivity index (χ4n) is 2.87. The molecule has 0 aromatic heterocycles. The normalized spacial score (nSPS) is 19.5. The van der Waals surface area contributed by atoms with E-state index in [9.17, 15) is 4.39 Å². The number of halogens is 1. The zero-order valence-corrected chi connectivity index (χ0v) is 14.1. The second-order valence-electron chi connectivity index (χ2n) is 5.79. The maximum atomic E-state index is 12.5. The molecule has 1 rings (SSSR count). The monoisotopic (exact) mass is 303 g/mol. The Morgan fingerprint density at radius 2 is 2.27 bits per heavy atom. The molecule has 2 heteroatoms. The fourth-order valence-corrected chi connectivity index (χ4v) is 2.87. The summed E-state index contributed by atoms with van der Waals surface area (Å²) in [6.45, 7) is 12.9. The summed E-state index contributed by atoms with van der Waals surface area (Å²) in [4.78, 5) is 0. The summed E-state index contributed by atoms with van der Waals surface area (Å²) in [5.74, 6) is 0.811. The smallest absolute Gasteiger partial charge is 0.0934 e. The zero-order valence-electron chi connectivity index (χ0n) is 14.1.